The summed E-state index contributed by atoms with van der Waals surface area (Å²) in [7, 11) is 0. The van der Waals surface area contributed by atoms with E-state index in [0.29, 0.717) is 13.2 Å². The summed E-state index contributed by atoms with van der Waals surface area (Å²) in [6.07, 6.45) is 0. The second kappa shape index (κ2) is 6.52. The zero-order valence-corrected chi connectivity index (χ0v) is 11.1. The van der Waals surface area contributed by atoms with Crippen LogP contribution < -0.4 is 5.32 Å². The van der Waals surface area contributed by atoms with Gasteiger partial charge in [0, 0.05) is 13.2 Å². The lowest BCUT2D eigenvalue weighted by Crippen LogP contribution is -2.41. The van der Waals surface area contributed by atoms with Crippen molar-refractivity contribution in [3.63, 3.8) is 0 Å². The summed E-state index contributed by atoms with van der Waals surface area (Å²) in [4.78, 5) is 11.3. The lowest BCUT2D eigenvalue weighted by molar-refractivity contribution is -0.140. The quantitative estimate of drug-likeness (QED) is 0.780. The monoisotopic (exact) mass is 251 g/mol. The Bertz CT molecular complexity index is 376. The number of benzene rings is 1. The molecule has 0 saturated carbocycles. The van der Waals surface area contributed by atoms with E-state index in [-0.39, 0.29) is 5.60 Å². The lowest BCUT2D eigenvalue weighted by Gasteiger charge is -2.27. The summed E-state index contributed by atoms with van der Waals surface area (Å²) in [5.41, 5.74) is 0.370. The van der Waals surface area contributed by atoms with Gasteiger partial charge in [0.1, 0.15) is 6.04 Å². The van der Waals surface area contributed by atoms with Gasteiger partial charge in [-0.05, 0) is 26.3 Å². The second-order valence-electron chi connectivity index (χ2n) is 4.76. The maximum absolute atomic E-state index is 11.3. The third kappa shape index (κ3) is 4.47. The Kier molecular flexibility index (Phi) is 5.31. The minimum atomic E-state index is -0.881. The normalized spacial score (nSPS) is 13.3. The molecule has 0 fully saturated rings. The zero-order chi connectivity index (χ0) is 13.6. The third-order valence-corrected chi connectivity index (χ3v) is 2.65. The summed E-state index contributed by atoms with van der Waals surface area (Å²) < 4.78 is 5.54. The Morgan fingerprint density at radius 2 is 2.00 bits per heavy atom. The summed E-state index contributed by atoms with van der Waals surface area (Å²) >= 11 is 0. The van der Waals surface area contributed by atoms with Gasteiger partial charge < -0.3 is 9.84 Å². The summed E-state index contributed by atoms with van der Waals surface area (Å²) in [6.45, 7) is 6.89. The standard InChI is InChI=1S/C14H21NO3/c1-4-18-14(2,3)10-15-12(13(16)17)11-8-6-5-7-9-11/h5-9,12,15H,4,10H2,1-3H3,(H,16,17). The molecule has 4 nitrogen and oxygen atoms in total. The average Bonchev–Trinajstić information content (AvgIpc) is 2.30. The molecule has 0 amide bonds. The van der Waals surface area contributed by atoms with E-state index >= 15 is 0 Å². The number of carboxylic acids is 1. The highest BCUT2D eigenvalue weighted by atomic mass is 16.5. The van der Waals surface area contributed by atoms with Gasteiger partial charge in [-0.25, -0.2) is 0 Å². The van der Waals surface area contributed by atoms with E-state index in [2.05, 4.69) is 5.32 Å². The molecule has 0 aliphatic heterocycles. The first-order valence-corrected chi connectivity index (χ1v) is 6.11. The maximum Gasteiger partial charge on any atom is 0.325 e. The van der Waals surface area contributed by atoms with Crippen molar-refractivity contribution in [1.82, 2.24) is 5.32 Å². The van der Waals surface area contributed by atoms with Crippen LogP contribution in [-0.2, 0) is 9.53 Å². The molecule has 1 unspecified atom stereocenters. The fourth-order valence-electron chi connectivity index (χ4n) is 1.78. The Hall–Kier alpha value is -1.39. The molecule has 4 heteroatoms. The smallest absolute Gasteiger partial charge is 0.325 e. The molecule has 0 aromatic heterocycles. The van der Waals surface area contributed by atoms with E-state index in [4.69, 9.17) is 4.74 Å². The minimum absolute atomic E-state index is 0.378. The van der Waals surface area contributed by atoms with Gasteiger partial charge in [0.15, 0.2) is 0 Å². The first kappa shape index (κ1) is 14.7. The van der Waals surface area contributed by atoms with Crippen LogP contribution in [0, 0.1) is 0 Å². The highest BCUT2D eigenvalue weighted by Crippen LogP contribution is 2.15. The summed E-state index contributed by atoms with van der Waals surface area (Å²) in [5.74, 6) is -0.881. The van der Waals surface area contributed by atoms with Crippen molar-refractivity contribution in [2.24, 2.45) is 0 Å². The number of hydrogen-bond acceptors (Lipinski definition) is 3. The first-order valence-electron chi connectivity index (χ1n) is 6.11. The van der Waals surface area contributed by atoms with E-state index < -0.39 is 12.0 Å². The molecule has 0 aliphatic carbocycles. The number of nitrogens with one attached hydrogen (secondary N) is 1. The van der Waals surface area contributed by atoms with Crippen molar-refractivity contribution in [1.29, 1.82) is 0 Å². The third-order valence-electron chi connectivity index (χ3n) is 2.65. The van der Waals surface area contributed by atoms with Crippen molar-refractivity contribution in [2.45, 2.75) is 32.4 Å². The van der Waals surface area contributed by atoms with Gasteiger partial charge in [-0.3, -0.25) is 10.1 Å². The van der Waals surface area contributed by atoms with Gasteiger partial charge >= 0.3 is 5.97 Å². The van der Waals surface area contributed by atoms with Crippen molar-refractivity contribution in [3.05, 3.63) is 35.9 Å². The molecule has 1 aromatic rings. The van der Waals surface area contributed by atoms with Crippen LogP contribution in [0.2, 0.25) is 0 Å². The topological polar surface area (TPSA) is 58.6 Å². The Morgan fingerprint density at radius 3 is 2.50 bits per heavy atom. The van der Waals surface area contributed by atoms with Crippen molar-refractivity contribution < 1.29 is 14.6 Å². The van der Waals surface area contributed by atoms with Crippen molar-refractivity contribution in [3.8, 4) is 0 Å². The van der Waals surface area contributed by atoms with Gasteiger partial charge in [0.25, 0.3) is 0 Å². The molecular formula is C14H21NO3. The Labute approximate surface area is 108 Å². The van der Waals surface area contributed by atoms with E-state index in [0.717, 1.165) is 5.56 Å². The number of carbonyl (C=O) groups is 1. The van der Waals surface area contributed by atoms with E-state index in [1.54, 1.807) is 12.1 Å². The minimum Gasteiger partial charge on any atom is -0.480 e. The lowest BCUT2D eigenvalue weighted by atomic mass is 10.0. The van der Waals surface area contributed by atoms with Crippen LogP contribution in [0.1, 0.15) is 32.4 Å². The van der Waals surface area contributed by atoms with Crippen LogP contribution in [0.25, 0.3) is 0 Å². The molecule has 1 aromatic carbocycles. The molecule has 0 aliphatic rings. The molecule has 2 N–H and O–H groups in total. The van der Waals surface area contributed by atoms with Gasteiger partial charge in [-0.1, -0.05) is 30.3 Å². The molecular weight excluding hydrogens is 230 g/mol. The molecule has 0 heterocycles. The molecule has 0 radical (unpaired) electrons. The fourth-order valence-corrected chi connectivity index (χ4v) is 1.78. The largest absolute Gasteiger partial charge is 0.480 e. The Balaban J connectivity index is 2.69. The molecule has 0 bridgehead atoms. The van der Waals surface area contributed by atoms with Gasteiger partial charge in [-0.15, -0.1) is 0 Å². The highest BCUT2D eigenvalue weighted by Gasteiger charge is 2.24. The van der Waals surface area contributed by atoms with E-state index in [1.165, 1.54) is 0 Å². The summed E-state index contributed by atoms with van der Waals surface area (Å²) in [6, 6.07) is 8.44. The highest BCUT2D eigenvalue weighted by molar-refractivity contribution is 5.75. The van der Waals surface area contributed by atoms with Crippen LogP contribution in [0.5, 0.6) is 0 Å². The first-order chi connectivity index (χ1) is 8.46. The van der Waals surface area contributed by atoms with Gasteiger partial charge in [0.2, 0.25) is 0 Å². The number of hydrogen-bond donors (Lipinski definition) is 2. The Morgan fingerprint density at radius 1 is 1.39 bits per heavy atom. The molecule has 0 spiro atoms. The van der Waals surface area contributed by atoms with Crippen LogP contribution in [-0.4, -0.2) is 29.8 Å². The van der Waals surface area contributed by atoms with Crippen molar-refractivity contribution in [2.75, 3.05) is 13.2 Å². The zero-order valence-electron chi connectivity index (χ0n) is 11.1. The number of carboxylic acid groups (broad SMARTS) is 1. The number of rotatable bonds is 7. The molecule has 1 rings (SSSR count). The van der Waals surface area contributed by atoms with Gasteiger partial charge in [0.05, 0.1) is 5.60 Å². The van der Waals surface area contributed by atoms with Crippen LogP contribution in [0.4, 0.5) is 0 Å². The van der Waals surface area contributed by atoms with Crippen LogP contribution in [0.3, 0.4) is 0 Å². The fraction of sp³-hybridized carbons (Fsp3) is 0.500. The predicted molar refractivity (Wildman–Crippen MR) is 70.5 cm³/mol. The molecule has 18 heavy (non-hydrogen) atoms. The second-order valence-corrected chi connectivity index (χ2v) is 4.76. The summed E-state index contributed by atoms with van der Waals surface area (Å²) in [5, 5.41) is 12.3. The maximum atomic E-state index is 11.3. The molecule has 1 atom stereocenters. The number of aliphatic carboxylic acids is 1. The predicted octanol–water partition coefficient (Wildman–Crippen LogP) is 2.22. The van der Waals surface area contributed by atoms with Crippen LogP contribution in [0.15, 0.2) is 30.3 Å². The SMILES string of the molecule is CCOC(C)(C)CNC(C(=O)O)c1ccccc1. The molecule has 100 valence electrons. The van der Waals surface area contributed by atoms with Crippen molar-refractivity contribution >= 4 is 5.97 Å². The van der Waals surface area contributed by atoms with E-state index in [1.807, 2.05) is 39.0 Å². The van der Waals surface area contributed by atoms with Gasteiger partial charge in [-0.2, -0.15) is 0 Å². The van der Waals surface area contributed by atoms with E-state index in [9.17, 15) is 9.90 Å². The average molecular weight is 251 g/mol. The van der Waals surface area contributed by atoms with Crippen LogP contribution >= 0.6 is 0 Å². The molecule has 0 saturated heterocycles. The number of ether oxygens (including phenoxy) is 1.